The second-order valence-corrected chi connectivity index (χ2v) is 10.2. The SMILES string of the molecule is O=C(CCCCCCC(=O)N/N=C\[C@H]1C[C@H]2CC[C@H]1C2)N/N=C\[C@@H]1C[C@H]2CC[C@H]1C2. The highest BCUT2D eigenvalue weighted by Gasteiger charge is 2.39. The third kappa shape index (κ3) is 5.92. The minimum absolute atomic E-state index is 0.00195. The van der Waals surface area contributed by atoms with E-state index in [9.17, 15) is 9.59 Å². The number of hydrazone groups is 2. The van der Waals surface area contributed by atoms with E-state index in [1.165, 1.54) is 51.4 Å². The van der Waals surface area contributed by atoms with Gasteiger partial charge in [-0.1, -0.05) is 25.7 Å². The van der Waals surface area contributed by atoms with Crippen molar-refractivity contribution < 1.29 is 9.59 Å². The molecular weight excluding hydrogens is 376 g/mol. The molecule has 2 amide bonds. The number of carbonyl (C=O) groups excluding carboxylic acids is 2. The lowest BCUT2D eigenvalue weighted by Gasteiger charge is -2.16. The Labute approximate surface area is 180 Å². The number of fused-ring (bicyclic) bond motifs is 4. The first-order chi connectivity index (χ1) is 14.7. The summed E-state index contributed by atoms with van der Waals surface area (Å²) in [5.74, 6) is 4.56. The zero-order valence-corrected chi connectivity index (χ0v) is 18.2. The van der Waals surface area contributed by atoms with E-state index in [2.05, 4.69) is 21.1 Å². The van der Waals surface area contributed by atoms with Gasteiger partial charge in [0.15, 0.2) is 0 Å². The van der Waals surface area contributed by atoms with Gasteiger partial charge >= 0.3 is 0 Å². The van der Waals surface area contributed by atoms with Gasteiger partial charge in [-0.3, -0.25) is 9.59 Å². The van der Waals surface area contributed by atoms with Crippen LogP contribution in [0.25, 0.3) is 0 Å². The summed E-state index contributed by atoms with van der Waals surface area (Å²) in [6, 6.07) is 0. The number of carbonyl (C=O) groups is 2. The van der Waals surface area contributed by atoms with Gasteiger partial charge in [-0.25, -0.2) is 10.9 Å². The maximum absolute atomic E-state index is 11.9. The Morgan fingerprint density at radius 3 is 1.50 bits per heavy atom. The molecule has 166 valence electrons. The van der Waals surface area contributed by atoms with E-state index in [1.54, 1.807) is 0 Å². The lowest BCUT2D eigenvalue weighted by Crippen LogP contribution is -2.20. The predicted molar refractivity (Wildman–Crippen MR) is 119 cm³/mol. The fourth-order valence-corrected chi connectivity index (χ4v) is 6.40. The second kappa shape index (κ2) is 10.5. The van der Waals surface area contributed by atoms with E-state index >= 15 is 0 Å². The molecule has 0 spiro atoms. The van der Waals surface area contributed by atoms with E-state index in [0.29, 0.717) is 24.7 Å². The lowest BCUT2D eigenvalue weighted by molar-refractivity contribution is -0.122. The van der Waals surface area contributed by atoms with Crippen LogP contribution in [0.3, 0.4) is 0 Å². The molecule has 0 aromatic carbocycles. The van der Waals surface area contributed by atoms with Crippen LogP contribution in [-0.4, -0.2) is 24.2 Å². The zero-order valence-electron chi connectivity index (χ0n) is 18.2. The van der Waals surface area contributed by atoms with Crippen LogP contribution in [0.5, 0.6) is 0 Å². The summed E-state index contributed by atoms with van der Waals surface area (Å²) in [5, 5.41) is 8.38. The van der Waals surface area contributed by atoms with Gasteiger partial charge < -0.3 is 0 Å². The summed E-state index contributed by atoms with van der Waals surface area (Å²) in [5.41, 5.74) is 5.37. The van der Waals surface area contributed by atoms with Crippen LogP contribution >= 0.6 is 0 Å². The minimum atomic E-state index is 0.00195. The van der Waals surface area contributed by atoms with Crippen LogP contribution in [0.15, 0.2) is 10.2 Å². The van der Waals surface area contributed by atoms with E-state index < -0.39 is 0 Å². The maximum atomic E-state index is 11.9. The largest absolute Gasteiger partial charge is 0.273 e. The third-order valence-electron chi connectivity index (χ3n) is 8.05. The molecule has 0 radical (unpaired) electrons. The van der Waals surface area contributed by atoms with Crippen molar-refractivity contribution >= 4 is 24.2 Å². The Bertz CT molecular complexity index is 606. The van der Waals surface area contributed by atoms with E-state index in [-0.39, 0.29) is 11.8 Å². The highest BCUT2D eigenvalue weighted by Crippen LogP contribution is 2.48. The zero-order chi connectivity index (χ0) is 20.8. The highest BCUT2D eigenvalue weighted by molar-refractivity contribution is 5.77. The summed E-state index contributed by atoms with van der Waals surface area (Å²) in [4.78, 5) is 23.8. The lowest BCUT2D eigenvalue weighted by atomic mass is 9.90. The average molecular weight is 415 g/mol. The monoisotopic (exact) mass is 414 g/mol. The van der Waals surface area contributed by atoms with Crippen molar-refractivity contribution in [3.05, 3.63) is 0 Å². The number of hydrogen-bond acceptors (Lipinski definition) is 4. The Balaban J connectivity index is 0.974. The molecule has 6 atom stereocenters. The first-order valence-electron chi connectivity index (χ1n) is 12.3. The summed E-state index contributed by atoms with van der Waals surface area (Å²) in [7, 11) is 0. The quantitative estimate of drug-likeness (QED) is 0.298. The number of rotatable bonds is 11. The van der Waals surface area contributed by atoms with Gasteiger partial charge in [0.1, 0.15) is 0 Å². The molecule has 6 heteroatoms. The van der Waals surface area contributed by atoms with Crippen molar-refractivity contribution in [3.63, 3.8) is 0 Å². The first-order valence-corrected chi connectivity index (χ1v) is 12.3. The van der Waals surface area contributed by atoms with Crippen LogP contribution in [0.1, 0.15) is 89.9 Å². The molecule has 0 saturated heterocycles. The number of nitrogens with zero attached hydrogens (tertiary/aromatic N) is 2. The predicted octanol–water partition coefficient (Wildman–Crippen LogP) is 4.40. The van der Waals surface area contributed by atoms with Gasteiger partial charge in [0.2, 0.25) is 11.8 Å². The molecule has 30 heavy (non-hydrogen) atoms. The number of amides is 2. The molecule has 4 bridgehead atoms. The van der Waals surface area contributed by atoms with Crippen LogP contribution in [0, 0.1) is 35.5 Å². The Kier molecular flexibility index (Phi) is 7.56. The first kappa shape index (κ1) is 21.5. The Hall–Kier alpha value is -1.72. The molecule has 0 aromatic heterocycles. The molecule has 6 nitrogen and oxygen atoms in total. The average Bonchev–Trinajstić information content (AvgIpc) is 3.52. The smallest absolute Gasteiger partial charge is 0.240 e. The normalized spacial score (nSPS) is 34.4. The molecule has 4 fully saturated rings. The van der Waals surface area contributed by atoms with Crippen molar-refractivity contribution in [2.24, 2.45) is 45.7 Å². The number of unbranched alkanes of at least 4 members (excludes halogenated alkanes) is 3. The fraction of sp³-hybridized carbons (Fsp3) is 0.833. The fourth-order valence-electron chi connectivity index (χ4n) is 6.40. The van der Waals surface area contributed by atoms with Crippen LogP contribution < -0.4 is 10.9 Å². The molecule has 0 aliphatic heterocycles. The van der Waals surface area contributed by atoms with Gasteiger partial charge in [0.05, 0.1) is 0 Å². The van der Waals surface area contributed by atoms with E-state index in [4.69, 9.17) is 0 Å². The molecule has 4 rings (SSSR count). The van der Waals surface area contributed by atoms with Crippen molar-refractivity contribution in [1.82, 2.24) is 10.9 Å². The number of nitrogens with one attached hydrogen (secondary N) is 2. The topological polar surface area (TPSA) is 82.9 Å². The molecule has 4 aliphatic rings. The van der Waals surface area contributed by atoms with Gasteiger partial charge in [-0.15, -0.1) is 0 Å². The van der Waals surface area contributed by atoms with Crippen molar-refractivity contribution in [2.45, 2.75) is 89.9 Å². The molecule has 4 saturated carbocycles. The van der Waals surface area contributed by atoms with Gasteiger partial charge in [-0.05, 0) is 86.9 Å². The van der Waals surface area contributed by atoms with Gasteiger partial charge in [-0.2, -0.15) is 10.2 Å². The van der Waals surface area contributed by atoms with Crippen molar-refractivity contribution in [3.8, 4) is 0 Å². The summed E-state index contributed by atoms with van der Waals surface area (Å²) in [6.45, 7) is 0. The molecule has 0 unspecified atom stereocenters. The second-order valence-electron chi connectivity index (χ2n) is 10.2. The van der Waals surface area contributed by atoms with E-state index in [0.717, 1.165) is 49.4 Å². The molecule has 0 heterocycles. The van der Waals surface area contributed by atoms with Crippen LogP contribution in [0.4, 0.5) is 0 Å². The molecule has 2 N–H and O–H groups in total. The van der Waals surface area contributed by atoms with Crippen LogP contribution in [-0.2, 0) is 9.59 Å². The molecule has 4 aliphatic carbocycles. The Morgan fingerprint density at radius 1 is 0.667 bits per heavy atom. The highest BCUT2D eigenvalue weighted by atomic mass is 16.2. The molecule has 0 aromatic rings. The maximum Gasteiger partial charge on any atom is 0.240 e. The summed E-state index contributed by atoms with van der Waals surface area (Å²) in [6.07, 6.45) is 19.2. The van der Waals surface area contributed by atoms with Gasteiger partial charge in [0.25, 0.3) is 0 Å². The third-order valence-corrected chi connectivity index (χ3v) is 8.05. The summed E-state index contributed by atoms with van der Waals surface area (Å²) >= 11 is 0. The standard InChI is InChI=1S/C24H38N4O2/c29-23(27-25-15-21-13-17-7-9-19(21)11-17)5-3-1-2-4-6-24(30)28-26-16-22-14-18-8-10-20(22)12-18/h15-22H,1-14H2,(H,27,29)(H,28,30)/b25-15-,26-16-/t17-,18-,19-,20-,21-,22+/m0/s1. The van der Waals surface area contributed by atoms with Crippen LogP contribution in [0.2, 0.25) is 0 Å². The number of hydrogen-bond donors (Lipinski definition) is 2. The Morgan fingerprint density at radius 2 is 1.13 bits per heavy atom. The molecular formula is C24H38N4O2. The van der Waals surface area contributed by atoms with Gasteiger partial charge in [0, 0.05) is 25.3 Å². The summed E-state index contributed by atoms with van der Waals surface area (Å²) < 4.78 is 0. The van der Waals surface area contributed by atoms with Crippen molar-refractivity contribution in [2.75, 3.05) is 0 Å². The van der Waals surface area contributed by atoms with Crippen molar-refractivity contribution in [1.29, 1.82) is 0 Å². The van der Waals surface area contributed by atoms with E-state index in [1.807, 2.05) is 12.4 Å². The minimum Gasteiger partial charge on any atom is -0.273 e.